The van der Waals surface area contributed by atoms with Gasteiger partial charge in [-0.1, -0.05) is 84.9 Å². The molecule has 0 aliphatic rings. The molecule has 0 spiro atoms. The quantitative estimate of drug-likeness (QED) is 0.169. The Bertz CT molecular complexity index is 3600. The molecule has 0 saturated heterocycles. The van der Waals surface area contributed by atoms with Crippen molar-refractivity contribution < 1.29 is 22.0 Å². The van der Waals surface area contributed by atoms with Gasteiger partial charge in [-0.3, -0.25) is 0 Å². The SMILES string of the molecule is Fc1ccc(N(c2ccc3oc4cc(N(c5ccc(F)cc5)c5cccc6c5oc5ccccc56)c5ccccc5c4c3c2)c2cccc3c2oc2ccccc23)cc1. The van der Waals surface area contributed by atoms with E-state index in [2.05, 4.69) is 58.3 Å². The Morgan fingerprint density at radius 2 is 0.780 bits per heavy atom. The predicted molar refractivity (Wildman–Crippen MR) is 235 cm³/mol. The van der Waals surface area contributed by atoms with Crippen LogP contribution in [0.2, 0.25) is 0 Å². The van der Waals surface area contributed by atoms with Crippen LogP contribution in [0.1, 0.15) is 0 Å². The van der Waals surface area contributed by atoms with Gasteiger partial charge in [-0.15, -0.1) is 0 Å². The molecule has 280 valence electrons. The molecule has 12 rings (SSSR count). The molecular weight excluding hydrogens is 739 g/mol. The highest BCUT2D eigenvalue weighted by Crippen LogP contribution is 2.49. The van der Waals surface area contributed by atoms with E-state index in [-0.39, 0.29) is 11.6 Å². The van der Waals surface area contributed by atoms with Crippen molar-refractivity contribution in [1.29, 1.82) is 0 Å². The molecule has 0 fully saturated rings. The van der Waals surface area contributed by atoms with Crippen LogP contribution >= 0.6 is 0 Å². The molecule has 12 aromatic rings. The van der Waals surface area contributed by atoms with Crippen molar-refractivity contribution in [3.8, 4) is 0 Å². The number of para-hydroxylation sites is 4. The molecular formula is C52H30F2N2O3. The van der Waals surface area contributed by atoms with E-state index in [9.17, 15) is 8.78 Å². The summed E-state index contributed by atoms with van der Waals surface area (Å²) >= 11 is 0. The van der Waals surface area contributed by atoms with Crippen molar-refractivity contribution in [2.75, 3.05) is 9.80 Å². The summed E-state index contributed by atoms with van der Waals surface area (Å²) in [5, 5.41) is 7.82. The van der Waals surface area contributed by atoms with Gasteiger partial charge < -0.3 is 23.1 Å². The summed E-state index contributed by atoms with van der Waals surface area (Å²) in [7, 11) is 0. The first kappa shape index (κ1) is 33.3. The smallest absolute Gasteiger partial charge is 0.159 e. The van der Waals surface area contributed by atoms with Gasteiger partial charge in [-0.05, 0) is 96.4 Å². The maximum Gasteiger partial charge on any atom is 0.159 e. The van der Waals surface area contributed by atoms with Gasteiger partial charge in [0.05, 0.1) is 17.1 Å². The minimum Gasteiger partial charge on any atom is -0.456 e. The van der Waals surface area contributed by atoms with Crippen LogP contribution in [0.25, 0.3) is 76.6 Å². The largest absolute Gasteiger partial charge is 0.456 e. The van der Waals surface area contributed by atoms with Crippen molar-refractivity contribution in [3.05, 3.63) is 194 Å². The van der Waals surface area contributed by atoms with E-state index < -0.39 is 0 Å². The Balaban J connectivity index is 1.10. The van der Waals surface area contributed by atoms with Gasteiger partial charge in [-0.2, -0.15) is 0 Å². The zero-order valence-corrected chi connectivity index (χ0v) is 31.2. The van der Waals surface area contributed by atoms with E-state index in [0.29, 0.717) is 11.2 Å². The number of halogens is 2. The topological polar surface area (TPSA) is 45.9 Å². The average molecular weight is 769 g/mol. The summed E-state index contributed by atoms with van der Waals surface area (Å²) < 4.78 is 48.8. The molecule has 0 atom stereocenters. The van der Waals surface area contributed by atoms with Crippen molar-refractivity contribution >= 4 is 111 Å². The van der Waals surface area contributed by atoms with Gasteiger partial charge in [0.2, 0.25) is 0 Å². The van der Waals surface area contributed by atoms with Gasteiger partial charge in [0.25, 0.3) is 0 Å². The summed E-state index contributed by atoms with van der Waals surface area (Å²) in [6, 6.07) is 57.8. The van der Waals surface area contributed by atoms with Crippen molar-refractivity contribution in [2.45, 2.75) is 0 Å². The Morgan fingerprint density at radius 3 is 1.39 bits per heavy atom. The molecule has 0 bridgehead atoms. The number of benzene rings is 9. The summed E-state index contributed by atoms with van der Waals surface area (Å²) in [5.41, 5.74) is 9.26. The van der Waals surface area contributed by atoms with Crippen LogP contribution in [-0.2, 0) is 0 Å². The molecule has 0 unspecified atom stereocenters. The summed E-state index contributed by atoms with van der Waals surface area (Å²) in [6.45, 7) is 0. The van der Waals surface area contributed by atoms with E-state index in [1.54, 1.807) is 24.3 Å². The molecule has 0 aliphatic heterocycles. The Kier molecular flexibility index (Phi) is 7.22. The van der Waals surface area contributed by atoms with Gasteiger partial charge in [0, 0.05) is 60.8 Å². The van der Waals surface area contributed by atoms with Crippen molar-refractivity contribution in [2.24, 2.45) is 0 Å². The zero-order valence-electron chi connectivity index (χ0n) is 31.2. The lowest BCUT2D eigenvalue weighted by molar-refractivity contribution is 0.627. The van der Waals surface area contributed by atoms with Crippen LogP contribution in [0.4, 0.5) is 42.9 Å². The molecule has 0 radical (unpaired) electrons. The fourth-order valence-electron chi connectivity index (χ4n) is 8.77. The highest BCUT2D eigenvalue weighted by Gasteiger charge is 2.25. The lowest BCUT2D eigenvalue weighted by Gasteiger charge is -2.27. The normalized spacial score (nSPS) is 11.9. The second-order valence-electron chi connectivity index (χ2n) is 14.7. The highest BCUT2D eigenvalue weighted by atomic mass is 19.1. The lowest BCUT2D eigenvalue weighted by atomic mass is 10.00. The van der Waals surface area contributed by atoms with Crippen LogP contribution in [-0.4, -0.2) is 0 Å². The summed E-state index contributed by atoms with van der Waals surface area (Å²) in [4.78, 5) is 4.22. The van der Waals surface area contributed by atoms with Crippen LogP contribution in [0.15, 0.2) is 195 Å². The number of hydrogen-bond acceptors (Lipinski definition) is 5. The van der Waals surface area contributed by atoms with Crippen LogP contribution in [0.5, 0.6) is 0 Å². The molecule has 7 heteroatoms. The van der Waals surface area contributed by atoms with Gasteiger partial charge in [-0.25, -0.2) is 8.78 Å². The maximum atomic E-state index is 14.5. The lowest BCUT2D eigenvalue weighted by Crippen LogP contribution is -2.11. The van der Waals surface area contributed by atoms with E-state index >= 15 is 0 Å². The minimum atomic E-state index is -0.324. The predicted octanol–water partition coefficient (Wildman–Crippen LogP) is 15.8. The third-order valence-electron chi connectivity index (χ3n) is 11.4. The van der Waals surface area contributed by atoms with E-state index in [4.69, 9.17) is 13.3 Å². The minimum absolute atomic E-state index is 0.319. The fourth-order valence-corrected chi connectivity index (χ4v) is 8.77. The first-order valence-electron chi connectivity index (χ1n) is 19.4. The summed E-state index contributed by atoms with van der Waals surface area (Å²) in [6.07, 6.45) is 0. The molecule has 0 amide bonds. The molecule has 0 saturated carbocycles. The standard InChI is InChI=1S/C52H30F2N2O3/c53-31-19-23-33(24-20-31)55(43-15-7-13-40-37-10-3-5-17-46(37)58-51(40)43)35-27-28-48-42(29-35)50-39-12-2-1-9-36(39)45(30-49(50)57-48)56(34-25-21-32(54)22-26-34)44-16-8-14-41-38-11-4-6-18-47(38)59-52(41)44/h1-30H. The Hall–Kier alpha value is -7.90. The van der Waals surface area contributed by atoms with E-state index in [1.807, 2.05) is 84.9 Å². The number of hydrogen-bond donors (Lipinski definition) is 0. The van der Waals surface area contributed by atoms with E-state index in [0.717, 1.165) is 99.5 Å². The average Bonchev–Trinajstić information content (AvgIpc) is 3.97. The maximum absolute atomic E-state index is 14.5. The summed E-state index contributed by atoms with van der Waals surface area (Å²) in [5.74, 6) is -0.643. The zero-order chi connectivity index (χ0) is 39.2. The second-order valence-corrected chi connectivity index (χ2v) is 14.7. The number of nitrogens with zero attached hydrogens (tertiary/aromatic N) is 2. The first-order valence-corrected chi connectivity index (χ1v) is 19.4. The monoisotopic (exact) mass is 768 g/mol. The Labute approximate surface area is 335 Å². The molecule has 0 N–H and O–H groups in total. The molecule has 9 aromatic carbocycles. The van der Waals surface area contributed by atoms with E-state index in [1.165, 1.54) is 24.3 Å². The van der Waals surface area contributed by atoms with Crippen LogP contribution in [0, 0.1) is 11.6 Å². The van der Waals surface area contributed by atoms with Gasteiger partial charge >= 0.3 is 0 Å². The highest BCUT2D eigenvalue weighted by molar-refractivity contribution is 6.24. The number of furan rings is 3. The second kappa shape index (κ2) is 12.8. The molecule has 3 heterocycles. The first-order chi connectivity index (χ1) is 29.1. The third kappa shape index (κ3) is 5.14. The molecule has 59 heavy (non-hydrogen) atoms. The van der Waals surface area contributed by atoms with Gasteiger partial charge in [0.15, 0.2) is 11.2 Å². The molecule has 5 nitrogen and oxygen atoms in total. The molecule has 3 aromatic heterocycles. The number of rotatable bonds is 6. The molecule has 0 aliphatic carbocycles. The van der Waals surface area contributed by atoms with Crippen molar-refractivity contribution in [1.82, 2.24) is 0 Å². The van der Waals surface area contributed by atoms with Crippen molar-refractivity contribution in [3.63, 3.8) is 0 Å². The van der Waals surface area contributed by atoms with Crippen LogP contribution < -0.4 is 9.80 Å². The number of anilines is 6. The fraction of sp³-hybridized carbons (Fsp3) is 0. The van der Waals surface area contributed by atoms with Crippen LogP contribution in [0.3, 0.4) is 0 Å². The van der Waals surface area contributed by atoms with Gasteiger partial charge in [0.1, 0.15) is 34.0 Å². The third-order valence-corrected chi connectivity index (χ3v) is 11.4. The Morgan fingerprint density at radius 1 is 0.305 bits per heavy atom. The number of fused-ring (bicyclic) bond motifs is 11.